The zero-order valence-electron chi connectivity index (χ0n) is 29.4. The predicted molar refractivity (Wildman–Crippen MR) is 181 cm³/mol. The molecule has 18 nitrogen and oxygen atoms in total. The molecule has 0 aliphatic rings. The maximum atomic E-state index is 12.2. The van der Waals surface area contributed by atoms with Crippen molar-refractivity contribution in [2.45, 2.75) is 23.6 Å². The number of ketones is 2. The van der Waals surface area contributed by atoms with Crippen molar-refractivity contribution < 1.29 is 66.5 Å². The van der Waals surface area contributed by atoms with Crippen LogP contribution in [0.15, 0.2) is 150 Å². The largest absolute Gasteiger partial charge is 2.00 e. The monoisotopic (exact) mass is 809 g/mol. The Morgan fingerprint density at radius 2 is 0.925 bits per heavy atom. The van der Waals surface area contributed by atoms with Gasteiger partial charge in [-0.2, -0.15) is 10.2 Å². The quantitative estimate of drug-likeness (QED) is 0.0902. The van der Waals surface area contributed by atoms with E-state index in [0.717, 1.165) is 50.2 Å². The summed E-state index contributed by atoms with van der Waals surface area (Å²) >= 11 is 0. The van der Waals surface area contributed by atoms with Crippen LogP contribution in [0.5, 0.6) is 11.5 Å². The van der Waals surface area contributed by atoms with Crippen LogP contribution in [0.1, 0.15) is 16.7 Å². The van der Waals surface area contributed by atoms with Gasteiger partial charge < -0.3 is 31.1 Å². The second-order valence-corrected chi connectivity index (χ2v) is 13.3. The first-order valence-corrected chi connectivity index (χ1v) is 17.5. The van der Waals surface area contributed by atoms with Crippen LogP contribution in [0.4, 0.5) is 22.7 Å². The number of nitrogens with two attached hydrogens (primary N) is 2. The number of anilines is 2. The van der Waals surface area contributed by atoms with Crippen LogP contribution >= 0.6 is 0 Å². The van der Waals surface area contributed by atoms with E-state index in [1.807, 2.05) is 0 Å². The van der Waals surface area contributed by atoms with Gasteiger partial charge in [0.25, 0.3) is 0 Å². The Morgan fingerprint density at radius 1 is 0.604 bits per heavy atom. The van der Waals surface area contributed by atoms with Gasteiger partial charge in [0.1, 0.15) is 11.4 Å². The molecule has 0 amide bonds. The maximum Gasteiger partial charge on any atom is 2.00 e. The minimum absolute atomic E-state index is 0. The van der Waals surface area contributed by atoms with Gasteiger partial charge in [0.05, 0.1) is 21.2 Å². The molecule has 4 aromatic carbocycles. The Bertz CT molecular complexity index is 2150. The standard InChI is InChI=1S/2C16H16N4O5S.Co/c2*1-10(21)15(16(23)18-11-5-3-2-4-6-11)20-19-13-9-12(26(17,24)25)7-8-14(13)22;/h2*2-9,18,22-23H,1H3,(H2,17,24,25);/q;;+2/p-2. The molecule has 0 aliphatic carbocycles. The summed E-state index contributed by atoms with van der Waals surface area (Å²) in [5.74, 6) is -4.29. The number of carbonyl (C=O) groups excluding carboxylic acids is 2. The molecule has 0 spiro atoms. The van der Waals surface area contributed by atoms with Crippen molar-refractivity contribution in [2.75, 3.05) is 10.6 Å². The van der Waals surface area contributed by atoms with Gasteiger partial charge >= 0.3 is 19.6 Å². The van der Waals surface area contributed by atoms with Gasteiger partial charge in [-0.25, -0.2) is 27.1 Å². The summed E-state index contributed by atoms with van der Waals surface area (Å²) in [6, 6.07) is 22.5. The molecular formula is C32H30CoN8O10S2. The van der Waals surface area contributed by atoms with Gasteiger partial charge in [-0.15, -0.1) is 10.2 Å². The Morgan fingerprint density at radius 3 is 1.21 bits per heavy atom. The third-order valence-electron chi connectivity index (χ3n) is 6.19. The molecule has 0 fully saturated rings. The fourth-order valence-corrected chi connectivity index (χ4v) is 4.75. The van der Waals surface area contributed by atoms with E-state index in [1.165, 1.54) is 0 Å². The summed E-state index contributed by atoms with van der Waals surface area (Å²) in [6.07, 6.45) is 0. The van der Waals surface area contributed by atoms with Crippen LogP contribution < -0.4 is 41.3 Å². The number of sulfonamides is 2. The van der Waals surface area contributed by atoms with Crippen LogP contribution in [-0.4, -0.2) is 28.4 Å². The number of benzene rings is 4. The number of nitrogens with zero attached hydrogens (tertiary/aromatic N) is 4. The number of hydrogen-bond donors (Lipinski definition) is 4. The smallest absolute Gasteiger partial charge is 0.871 e. The van der Waals surface area contributed by atoms with E-state index in [-0.39, 0.29) is 40.8 Å². The van der Waals surface area contributed by atoms with Gasteiger partial charge in [-0.3, -0.25) is 9.59 Å². The molecule has 0 saturated carbocycles. The Hall–Kier alpha value is -5.97. The van der Waals surface area contributed by atoms with E-state index in [9.17, 15) is 46.9 Å². The molecule has 0 unspecified atom stereocenters. The number of nitrogens with one attached hydrogen (secondary N) is 2. The van der Waals surface area contributed by atoms with E-state index in [2.05, 4.69) is 31.1 Å². The molecule has 0 bridgehead atoms. The molecule has 53 heavy (non-hydrogen) atoms. The topological polar surface area (TPSA) is 320 Å². The molecule has 0 atom stereocenters. The number of rotatable bonds is 12. The minimum atomic E-state index is -4.05. The molecule has 1 radical (unpaired) electrons. The summed E-state index contributed by atoms with van der Waals surface area (Å²) in [4.78, 5) is 22.6. The zero-order valence-corrected chi connectivity index (χ0v) is 30.1. The van der Waals surface area contributed by atoms with Crippen molar-refractivity contribution in [3.63, 3.8) is 0 Å². The third-order valence-corrected chi connectivity index (χ3v) is 8.02. The van der Waals surface area contributed by atoms with Crippen LogP contribution in [0, 0.1) is 0 Å². The SMILES string of the molecule is CC(=O)C(N=Nc1cc(S(N)(=O)=O)ccc1[O-])=C([O-])Nc1ccccc1.CC(=O)C(N=Nc1cc(S(N)(=O)=O)ccc1[O-])=C([O-])Nc1ccccc1.[Co+2].[H+].[H+]. The van der Waals surface area contributed by atoms with Crippen molar-refractivity contribution in [3.05, 3.63) is 120 Å². The van der Waals surface area contributed by atoms with Gasteiger partial charge in [0, 0.05) is 25.2 Å². The van der Waals surface area contributed by atoms with Crippen LogP contribution in [0.25, 0.3) is 0 Å². The maximum absolute atomic E-state index is 12.2. The first-order valence-electron chi connectivity index (χ1n) is 14.4. The number of primary sulfonamides is 2. The second-order valence-electron chi connectivity index (χ2n) is 10.2. The Labute approximate surface area is 316 Å². The Kier molecular flexibility index (Phi) is 15.5. The van der Waals surface area contributed by atoms with E-state index >= 15 is 0 Å². The van der Waals surface area contributed by atoms with E-state index in [1.54, 1.807) is 60.7 Å². The predicted octanol–water partition coefficient (Wildman–Crippen LogP) is 1.67. The first-order chi connectivity index (χ1) is 24.4. The molecule has 21 heteroatoms. The molecular weight excluding hydrogens is 779 g/mol. The van der Waals surface area contributed by atoms with Crippen LogP contribution in [0.2, 0.25) is 0 Å². The van der Waals surface area contributed by atoms with Crippen LogP contribution in [-0.2, 0) is 46.4 Å². The molecule has 279 valence electrons. The molecule has 0 saturated heterocycles. The van der Waals surface area contributed by atoms with E-state index in [4.69, 9.17) is 10.3 Å². The summed E-state index contributed by atoms with van der Waals surface area (Å²) < 4.78 is 45.3. The van der Waals surface area contributed by atoms with Gasteiger partial charge in [0.15, 0.2) is 11.6 Å². The molecule has 4 aromatic rings. The number of para-hydroxylation sites is 2. The summed E-state index contributed by atoms with van der Waals surface area (Å²) in [7, 11) is -8.10. The molecule has 0 heterocycles. The normalized spacial score (nSPS) is 12.5. The number of Topliss-reactive ketones (excluding diaryl/α,β-unsaturated/α-hetero) is 2. The van der Waals surface area contributed by atoms with Crippen molar-refractivity contribution >= 4 is 54.4 Å². The molecule has 6 N–H and O–H groups in total. The second kappa shape index (κ2) is 19.0. The molecule has 4 rings (SSSR count). The number of allylic oxidation sites excluding steroid dienone is 2. The minimum Gasteiger partial charge on any atom is -0.871 e. The van der Waals surface area contributed by atoms with Gasteiger partial charge in [0.2, 0.25) is 20.0 Å². The first kappa shape index (κ1) is 43.2. The van der Waals surface area contributed by atoms with Crippen LogP contribution in [0.3, 0.4) is 0 Å². The number of hydrogen-bond acceptors (Lipinski definition) is 16. The number of azo groups is 2. The third kappa shape index (κ3) is 13.3. The van der Waals surface area contributed by atoms with Gasteiger partial charge in [-0.05, 0) is 60.3 Å². The zero-order chi connectivity index (χ0) is 38.6. The summed E-state index contributed by atoms with van der Waals surface area (Å²) in [5.41, 5.74) is -0.964. The van der Waals surface area contributed by atoms with E-state index in [0.29, 0.717) is 11.4 Å². The molecule has 0 aliphatic heterocycles. The number of carbonyl (C=O) groups is 2. The average molecular weight is 810 g/mol. The summed E-state index contributed by atoms with van der Waals surface area (Å²) in [6.45, 7) is 2.22. The van der Waals surface area contributed by atoms with Crippen molar-refractivity contribution in [3.8, 4) is 11.5 Å². The van der Waals surface area contributed by atoms with Crippen molar-refractivity contribution in [1.29, 1.82) is 0 Å². The summed E-state index contributed by atoms with van der Waals surface area (Å²) in [5, 5.41) is 76.9. The van der Waals surface area contributed by atoms with Crippen molar-refractivity contribution in [1.82, 2.24) is 0 Å². The van der Waals surface area contributed by atoms with Crippen molar-refractivity contribution in [2.24, 2.45) is 30.7 Å². The van der Waals surface area contributed by atoms with Gasteiger partial charge in [-0.1, -0.05) is 60.0 Å². The van der Waals surface area contributed by atoms with E-state index < -0.39 is 66.3 Å². The molecule has 0 aromatic heterocycles. The fraction of sp³-hybridized carbons (Fsp3) is 0.0625. The average Bonchev–Trinajstić information content (AvgIpc) is 3.06. The fourth-order valence-electron chi connectivity index (χ4n) is 3.69. The Balaban J connectivity index is 0.00000101.